The topological polar surface area (TPSA) is 29.4 Å². The average molecular weight is 219 g/mol. The summed E-state index contributed by atoms with van der Waals surface area (Å²) in [6, 6.07) is 0. The van der Waals surface area contributed by atoms with Crippen molar-refractivity contribution in [3.8, 4) is 0 Å². The fourth-order valence-corrected chi connectivity index (χ4v) is 0.576. The third-order valence-corrected chi connectivity index (χ3v) is 1.31. The quantitative estimate of drug-likeness (QED) is 0.424. The van der Waals surface area contributed by atoms with Crippen LogP contribution in [-0.2, 0) is 0 Å². The Morgan fingerprint density at radius 3 is 1.13 bits per heavy atom. The van der Waals surface area contributed by atoms with E-state index in [0.29, 0.717) is 6.54 Å². The smallest absolute Gasteiger partial charge is 0.0811 e. The van der Waals surface area contributed by atoms with Crippen LogP contribution in [0.15, 0.2) is 5.18 Å². The van der Waals surface area contributed by atoms with Gasteiger partial charge in [0.25, 0.3) is 0 Å². The van der Waals surface area contributed by atoms with Crippen LogP contribution in [0, 0.1) is 4.91 Å². The number of rotatable bonds is 5. The van der Waals surface area contributed by atoms with Gasteiger partial charge in [0, 0.05) is 0 Å². The van der Waals surface area contributed by atoms with Crippen molar-refractivity contribution in [2.75, 3.05) is 6.54 Å². The summed E-state index contributed by atoms with van der Waals surface area (Å²) < 4.78 is 0. The zero-order valence-corrected chi connectivity index (χ0v) is 12.1. The van der Waals surface area contributed by atoms with Crippen LogP contribution in [0.5, 0.6) is 0 Å². The highest BCUT2D eigenvalue weighted by Crippen LogP contribution is 1.88. The first-order valence-electron chi connectivity index (χ1n) is 6.62. The molecule has 0 aliphatic carbocycles. The zero-order valence-electron chi connectivity index (χ0n) is 12.1. The summed E-state index contributed by atoms with van der Waals surface area (Å²) in [6.07, 6.45) is 6.07. The summed E-state index contributed by atoms with van der Waals surface area (Å²) >= 11 is 0. The molecule has 0 aliphatic rings. The van der Waals surface area contributed by atoms with Gasteiger partial charge in [0.05, 0.1) is 6.54 Å². The number of hydrogen-bond acceptors (Lipinski definition) is 2. The van der Waals surface area contributed by atoms with Gasteiger partial charge in [-0.15, -0.1) is 0 Å². The predicted octanol–water partition coefficient (Wildman–Crippen LogP) is 5.80. The van der Waals surface area contributed by atoms with Gasteiger partial charge in [-0.25, -0.2) is 0 Å². The molecule has 96 valence electrons. The lowest BCUT2D eigenvalue weighted by Gasteiger charge is -1.79. The molecule has 0 radical (unpaired) electrons. The Kier molecular flexibility index (Phi) is 79.4. The third-order valence-electron chi connectivity index (χ3n) is 1.31. The fraction of sp³-hybridized carbons (Fsp3) is 1.00. The minimum atomic E-state index is 0.483. The van der Waals surface area contributed by atoms with E-state index in [9.17, 15) is 4.91 Å². The molecule has 0 heterocycles. The molecule has 0 amide bonds. The van der Waals surface area contributed by atoms with E-state index in [2.05, 4.69) is 19.0 Å². The summed E-state index contributed by atoms with van der Waals surface area (Å²) in [5.74, 6) is 0. The first-order valence-corrected chi connectivity index (χ1v) is 6.62. The van der Waals surface area contributed by atoms with Crippen LogP contribution in [0.4, 0.5) is 0 Å². The van der Waals surface area contributed by atoms with Crippen molar-refractivity contribution in [2.45, 2.75) is 80.6 Å². The number of unbranched alkanes of at least 4 members (excludes halogenated alkanes) is 3. The third kappa shape index (κ3) is 86.5. The SMILES string of the molecule is CC.CC.CCCCC.CCCCN=O. The lowest BCUT2D eigenvalue weighted by Crippen LogP contribution is -1.72. The number of nitrogens with zero attached hydrogens (tertiary/aromatic N) is 1. The van der Waals surface area contributed by atoms with Gasteiger partial charge in [-0.2, -0.15) is 4.91 Å². The van der Waals surface area contributed by atoms with Crippen LogP contribution < -0.4 is 0 Å². The maximum atomic E-state index is 9.31. The van der Waals surface area contributed by atoms with E-state index >= 15 is 0 Å². The minimum absolute atomic E-state index is 0.483. The summed E-state index contributed by atoms with van der Waals surface area (Å²) in [4.78, 5) is 9.31. The van der Waals surface area contributed by atoms with Crippen molar-refractivity contribution in [1.29, 1.82) is 0 Å². The Morgan fingerprint density at radius 2 is 1.07 bits per heavy atom. The molecule has 0 N–H and O–H groups in total. The van der Waals surface area contributed by atoms with Crippen LogP contribution in [0.25, 0.3) is 0 Å². The monoisotopic (exact) mass is 219 g/mol. The zero-order chi connectivity index (χ0) is 12.9. The van der Waals surface area contributed by atoms with Crippen molar-refractivity contribution >= 4 is 0 Å². The van der Waals surface area contributed by atoms with Gasteiger partial charge in [0.1, 0.15) is 0 Å². The number of hydrogen-bond donors (Lipinski definition) is 0. The van der Waals surface area contributed by atoms with Gasteiger partial charge in [0.2, 0.25) is 0 Å². The molecule has 0 saturated heterocycles. The molecule has 0 aromatic carbocycles. The highest BCUT2D eigenvalue weighted by atomic mass is 16.3. The van der Waals surface area contributed by atoms with E-state index in [1.165, 1.54) is 19.3 Å². The molecular formula is C13H33NO. The molecule has 0 aromatic rings. The summed E-state index contributed by atoms with van der Waals surface area (Å²) in [7, 11) is 0. The molecule has 0 aromatic heterocycles. The highest BCUT2D eigenvalue weighted by Gasteiger charge is 1.75. The van der Waals surface area contributed by atoms with E-state index < -0.39 is 0 Å². The van der Waals surface area contributed by atoms with Crippen molar-refractivity contribution in [3.05, 3.63) is 4.91 Å². The molecule has 0 fully saturated rings. The Bertz CT molecular complexity index is 63.6. The van der Waals surface area contributed by atoms with Crippen molar-refractivity contribution in [3.63, 3.8) is 0 Å². The highest BCUT2D eigenvalue weighted by molar-refractivity contribution is 4.36. The van der Waals surface area contributed by atoms with Crippen LogP contribution in [0.1, 0.15) is 80.6 Å². The van der Waals surface area contributed by atoms with E-state index in [0.717, 1.165) is 12.8 Å². The lowest BCUT2D eigenvalue weighted by atomic mass is 10.3. The Balaban J connectivity index is -0.0000000610. The molecule has 0 bridgehead atoms. The molecule has 2 heteroatoms. The van der Waals surface area contributed by atoms with Crippen LogP contribution >= 0.6 is 0 Å². The summed E-state index contributed by atoms with van der Waals surface area (Å²) in [6.45, 7) is 14.9. The molecule has 0 unspecified atom stereocenters. The van der Waals surface area contributed by atoms with Crippen molar-refractivity contribution in [1.82, 2.24) is 0 Å². The predicted molar refractivity (Wildman–Crippen MR) is 73.5 cm³/mol. The second kappa shape index (κ2) is 49.6. The molecule has 0 rings (SSSR count). The Hall–Kier alpha value is -0.400. The largest absolute Gasteiger partial charge is 0.151 e. The van der Waals surface area contributed by atoms with Crippen LogP contribution in [0.3, 0.4) is 0 Å². The van der Waals surface area contributed by atoms with Crippen molar-refractivity contribution < 1.29 is 0 Å². The Labute approximate surface area is 97.8 Å². The fourth-order valence-electron chi connectivity index (χ4n) is 0.576. The molecule has 2 nitrogen and oxygen atoms in total. The van der Waals surface area contributed by atoms with Crippen LogP contribution in [-0.4, -0.2) is 6.54 Å². The molecular weight excluding hydrogens is 186 g/mol. The maximum Gasteiger partial charge on any atom is 0.0811 e. The van der Waals surface area contributed by atoms with Gasteiger partial charge >= 0.3 is 0 Å². The molecule has 0 atom stereocenters. The van der Waals surface area contributed by atoms with E-state index in [1.807, 2.05) is 34.6 Å². The summed E-state index contributed by atoms with van der Waals surface area (Å²) in [5.41, 5.74) is 0. The van der Waals surface area contributed by atoms with Crippen molar-refractivity contribution in [2.24, 2.45) is 5.18 Å². The Morgan fingerprint density at radius 1 is 0.733 bits per heavy atom. The summed E-state index contributed by atoms with van der Waals surface area (Å²) in [5, 5.41) is 2.68. The normalized spacial score (nSPS) is 6.87. The van der Waals surface area contributed by atoms with E-state index in [4.69, 9.17) is 0 Å². The van der Waals surface area contributed by atoms with E-state index in [-0.39, 0.29) is 0 Å². The molecule has 0 spiro atoms. The molecule has 15 heavy (non-hydrogen) atoms. The molecule has 0 aliphatic heterocycles. The van der Waals surface area contributed by atoms with Gasteiger partial charge in [0.15, 0.2) is 0 Å². The minimum Gasteiger partial charge on any atom is -0.151 e. The lowest BCUT2D eigenvalue weighted by molar-refractivity contribution is 0.772. The van der Waals surface area contributed by atoms with Crippen LogP contribution in [0.2, 0.25) is 0 Å². The number of nitroso groups, excluding NO2 is 1. The average Bonchev–Trinajstić information content (AvgIpc) is 2.33. The second-order valence-electron chi connectivity index (χ2n) is 2.56. The standard InChI is InChI=1S/C5H12.C4H9NO.2C2H6/c1-3-5-4-2;1-2-3-4-5-6;2*1-2/h3-5H2,1-2H3;2-4H2,1H3;2*1-2H3. The van der Waals surface area contributed by atoms with E-state index in [1.54, 1.807) is 0 Å². The molecule has 0 saturated carbocycles. The second-order valence-corrected chi connectivity index (χ2v) is 2.56. The van der Waals surface area contributed by atoms with Gasteiger partial charge in [-0.1, -0.05) is 79.3 Å². The maximum absolute atomic E-state index is 9.31. The van der Waals surface area contributed by atoms with Gasteiger partial charge < -0.3 is 0 Å². The first kappa shape index (κ1) is 24.0. The van der Waals surface area contributed by atoms with Gasteiger partial charge in [-0.05, 0) is 6.42 Å². The van der Waals surface area contributed by atoms with Gasteiger partial charge in [-0.3, -0.25) is 0 Å². The first-order chi connectivity index (χ1) is 7.33.